The number of nitrogens with one attached hydrogen (secondary N) is 1. The Hall–Kier alpha value is -0.770. The van der Waals surface area contributed by atoms with Gasteiger partial charge in [-0.3, -0.25) is 0 Å². The Bertz CT molecular complexity index is 267. The van der Waals surface area contributed by atoms with Crippen LogP contribution in [0.3, 0.4) is 0 Å². The summed E-state index contributed by atoms with van der Waals surface area (Å²) in [5.41, 5.74) is 0. The van der Waals surface area contributed by atoms with Crippen LogP contribution in [0.25, 0.3) is 0 Å². The minimum atomic E-state index is -0.465. The second-order valence-corrected chi connectivity index (χ2v) is 3.84. The van der Waals surface area contributed by atoms with Crippen LogP contribution in [0.2, 0.25) is 0 Å². The molecular weight excluding hydrogens is 226 g/mol. The quantitative estimate of drug-likeness (QED) is 0.804. The maximum atomic E-state index is 9.57. The second-order valence-electron chi connectivity index (χ2n) is 3.84. The van der Waals surface area contributed by atoms with Gasteiger partial charge in [-0.25, -0.2) is 0 Å². The average molecular weight is 246 g/mol. The Morgan fingerprint density at radius 2 is 1.88 bits per heavy atom. The fourth-order valence-electron chi connectivity index (χ4n) is 1.14. The molecule has 0 saturated carbocycles. The molecule has 1 aromatic carbocycles. The molecule has 0 heterocycles. The first-order valence-corrected chi connectivity index (χ1v) is 5.28. The molecule has 3 nitrogen and oxygen atoms in total. The average Bonchev–Trinajstić information content (AvgIpc) is 2.25. The van der Waals surface area contributed by atoms with Crippen LogP contribution in [0, 0.1) is 0 Å². The summed E-state index contributed by atoms with van der Waals surface area (Å²) in [6.07, 6.45) is -0.465. The van der Waals surface area contributed by atoms with Gasteiger partial charge in [0.15, 0.2) is 0 Å². The number of para-hydroxylation sites is 1. The summed E-state index contributed by atoms with van der Waals surface area (Å²) in [7, 11) is 0. The molecular formula is C12H20ClNO2. The first-order valence-electron chi connectivity index (χ1n) is 5.28. The van der Waals surface area contributed by atoms with E-state index >= 15 is 0 Å². The molecule has 16 heavy (non-hydrogen) atoms. The lowest BCUT2D eigenvalue weighted by molar-refractivity contribution is 0.104. The van der Waals surface area contributed by atoms with E-state index in [0.717, 1.165) is 5.75 Å². The molecule has 0 aromatic heterocycles. The Balaban J connectivity index is 0.00000225. The van der Waals surface area contributed by atoms with Crippen molar-refractivity contribution in [3.05, 3.63) is 30.3 Å². The number of rotatable bonds is 6. The van der Waals surface area contributed by atoms with Gasteiger partial charge in [0.2, 0.25) is 0 Å². The van der Waals surface area contributed by atoms with Crippen LogP contribution < -0.4 is 10.1 Å². The number of halogens is 1. The van der Waals surface area contributed by atoms with Crippen molar-refractivity contribution in [2.75, 3.05) is 13.2 Å². The largest absolute Gasteiger partial charge is 0.491 e. The highest BCUT2D eigenvalue weighted by Gasteiger charge is 2.05. The maximum Gasteiger partial charge on any atom is 0.119 e. The van der Waals surface area contributed by atoms with E-state index < -0.39 is 6.10 Å². The first kappa shape index (κ1) is 15.2. The molecule has 0 saturated heterocycles. The van der Waals surface area contributed by atoms with Crippen LogP contribution in [0.4, 0.5) is 0 Å². The Kier molecular flexibility index (Phi) is 7.99. The lowest BCUT2D eigenvalue weighted by Gasteiger charge is -2.14. The summed E-state index contributed by atoms with van der Waals surface area (Å²) in [4.78, 5) is 0. The molecule has 0 spiro atoms. The molecule has 1 rings (SSSR count). The van der Waals surface area contributed by atoms with Gasteiger partial charge in [-0.1, -0.05) is 32.0 Å². The number of aliphatic hydroxyl groups excluding tert-OH is 1. The molecule has 0 aliphatic heterocycles. The molecule has 0 bridgehead atoms. The van der Waals surface area contributed by atoms with Gasteiger partial charge in [-0.15, -0.1) is 12.4 Å². The molecule has 1 aromatic rings. The SMILES string of the molecule is CC(C)NC[C@H](O)COc1ccccc1.Cl. The Morgan fingerprint density at radius 3 is 2.44 bits per heavy atom. The van der Waals surface area contributed by atoms with Gasteiger partial charge in [0.1, 0.15) is 18.5 Å². The molecule has 0 aliphatic rings. The summed E-state index contributed by atoms with van der Waals surface area (Å²) in [6, 6.07) is 9.90. The monoisotopic (exact) mass is 245 g/mol. The molecule has 1 atom stereocenters. The fourth-order valence-corrected chi connectivity index (χ4v) is 1.14. The number of aliphatic hydroxyl groups is 1. The van der Waals surface area contributed by atoms with Gasteiger partial charge in [0.25, 0.3) is 0 Å². The van der Waals surface area contributed by atoms with Crippen LogP contribution in [0.5, 0.6) is 5.75 Å². The molecule has 0 amide bonds. The van der Waals surface area contributed by atoms with Crippen LogP contribution in [0.1, 0.15) is 13.8 Å². The minimum absolute atomic E-state index is 0. The zero-order valence-electron chi connectivity index (χ0n) is 9.72. The smallest absolute Gasteiger partial charge is 0.119 e. The predicted molar refractivity (Wildman–Crippen MR) is 68.3 cm³/mol. The standard InChI is InChI=1S/C12H19NO2.ClH/c1-10(2)13-8-11(14)9-15-12-6-4-3-5-7-12;/h3-7,10-11,13-14H,8-9H2,1-2H3;1H/t11-;/m0./s1. The summed E-state index contributed by atoms with van der Waals surface area (Å²) in [5.74, 6) is 0.793. The van der Waals surface area contributed by atoms with Crippen LogP contribution in [-0.2, 0) is 0 Å². The van der Waals surface area contributed by atoms with E-state index in [2.05, 4.69) is 5.32 Å². The predicted octanol–water partition coefficient (Wildman–Crippen LogP) is 1.85. The van der Waals surface area contributed by atoms with Gasteiger partial charge < -0.3 is 15.2 Å². The van der Waals surface area contributed by atoms with Crippen molar-refractivity contribution in [1.82, 2.24) is 5.32 Å². The molecule has 0 aliphatic carbocycles. The fraction of sp³-hybridized carbons (Fsp3) is 0.500. The molecule has 0 unspecified atom stereocenters. The Morgan fingerprint density at radius 1 is 1.25 bits per heavy atom. The third-order valence-electron chi connectivity index (χ3n) is 1.95. The van der Waals surface area contributed by atoms with Crippen LogP contribution in [0.15, 0.2) is 30.3 Å². The van der Waals surface area contributed by atoms with E-state index in [-0.39, 0.29) is 12.4 Å². The van der Waals surface area contributed by atoms with E-state index in [4.69, 9.17) is 4.74 Å². The molecule has 2 N–H and O–H groups in total. The van der Waals surface area contributed by atoms with Crippen molar-refractivity contribution < 1.29 is 9.84 Å². The van der Waals surface area contributed by atoms with Gasteiger partial charge in [0, 0.05) is 12.6 Å². The van der Waals surface area contributed by atoms with E-state index in [1.54, 1.807) is 0 Å². The first-order chi connectivity index (χ1) is 7.18. The molecule has 92 valence electrons. The molecule has 0 radical (unpaired) electrons. The van der Waals surface area contributed by atoms with Gasteiger partial charge >= 0.3 is 0 Å². The van der Waals surface area contributed by atoms with Crippen LogP contribution >= 0.6 is 12.4 Å². The lowest BCUT2D eigenvalue weighted by Crippen LogP contribution is -2.35. The van der Waals surface area contributed by atoms with Gasteiger partial charge in [-0.05, 0) is 12.1 Å². The van der Waals surface area contributed by atoms with Crippen molar-refractivity contribution in [2.24, 2.45) is 0 Å². The normalized spacial score (nSPS) is 12.0. The highest BCUT2D eigenvalue weighted by molar-refractivity contribution is 5.85. The third kappa shape index (κ3) is 6.67. The highest BCUT2D eigenvalue weighted by atomic mass is 35.5. The van der Waals surface area contributed by atoms with Crippen molar-refractivity contribution in [3.8, 4) is 5.75 Å². The Labute approximate surface area is 103 Å². The number of benzene rings is 1. The maximum absolute atomic E-state index is 9.57. The van der Waals surface area contributed by atoms with E-state index in [1.807, 2.05) is 44.2 Å². The lowest BCUT2D eigenvalue weighted by atomic mass is 10.3. The zero-order chi connectivity index (χ0) is 11.1. The summed E-state index contributed by atoms with van der Waals surface area (Å²) in [6.45, 7) is 4.98. The van der Waals surface area contributed by atoms with E-state index in [1.165, 1.54) is 0 Å². The topological polar surface area (TPSA) is 41.5 Å². The van der Waals surface area contributed by atoms with E-state index in [9.17, 15) is 5.11 Å². The van der Waals surface area contributed by atoms with Gasteiger partial charge in [-0.2, -0.15) is 0 Å². The van der Waals surface area contributed by atoms with Crippen molar-refractivity contribution in [1.29, 1.82) is 0 Å². The van der Waals surface area contributed by atoms with Crippen molar-refractivity contribution >= 4 is 12.4 Å². The molecule has 4 heteroatoms. The van der Waals surface area contributed by atoms with E-state index in [0.29, 0.717) is 19.2 Å². The number of ether oxygens (including phenoxy) is 1. The van der Waals surface area contributed by atoms with Crippen LogP contribution in [-0.4, -0.2) is 30.4 Å². The second kappa shape index (κ2) is 8.39. The summed E-state index contributed by atoms with van der Waals surface area (Å²) >= 11 is 0. The van der Waals surface area contributed by atoms with Crippen molar-refractivity contribution in [2.45, 2.75) is 26.0 Å². The van der Waals surface area contributed by atoms with Gasteiger partial charge in [0.05, 0.1) is 0 Å². The number of hydrogen-bond donors (Lipinski definition) is 2. The third-order valence-corrected chi connectivity index (χ3v) is 1.95. The highest BCUT2D eigenvalue weighted by Crippen LogP contribution is 2.08. The number of hydrogen-bond acceptors (Lipinski definition) is 3. The summed E-state index contributed by atoms with van der Waals surface area (Å²) in [5, 5.41) is 12.7. The minimum Gasteiger partial charge on any atom is -0.491 e. The summed E-state index contributed by atoms with van der Waals surface area (Å²) < 4.78 is 5.41. The zero-order valence-corrected chi connectivity index (χ0v) is 10.5. The van der Waals surface area contributed by atoms with Crippen molar-refractivity contribution in [3.63, 3.8) is 0 Å². The molecule has 0 fully saturated rings.